The molecule has 0 aliphatic carbocycles. The Hall–Kier alpha value is -3.45. The Labute approximate surface area is 171 Å². The van der Waals surface area contributed by atoms with Gasteiger partial charge in [-0.2, -0.15) is 13.2 Å². The second-order valence-corrected chi connectivity index (χ2v) is 6.55. The number of halogens is 3. The van der Waals surface area contributed by atoms with E-state index >= 15 is 0 Å². The zero-order chi connectivity index (χ0) is 23.5. The van der Waals surface area contributed by atoms with E-state index in [-0.39, 0.29) is 11.1 Å². The van der Waals surface area contributed by atoms with Gasteiger partial charge in [-0.05, 0) is 19.1 Å². The molecule has 1 aromatic heterocycles. The standard InChI is InChI=1S/C18H18F3N3O7/c1-7(15(23)17(28)29)30-14(26)6-11(22)16(27)24-8-2-3-9-10(18(19,20)21)5-13(25)31-12(9)4-8/h2-5,7,11,15H,6,22-23H2,1H3,(H,24,27)(H,28,29)/t7-,11+,15+/m1/s1. The summed E-state index contributed by atoms with van der Waals surface area (Å²) in [6.45, 7) is 1.25. The lowest BCUT2D eigenvalue weighted by molar-refractivity contribution is -0.154. The minimum absolute atomic E-state index is 0.0370. The topological polar surface area (TPSA) is 175 Å². The smallest absolute Gasteiger partial charge is 0.417 e. The summed E-state index contributed by atoms with van der Waals surface area (Å²) in [6.07, 6.45) is -6.59. The number of amides is 1. The Morgan fingerprint density at radius 3 is 2.45 bits per heavy atom. The summed E-state index contributed by atoms with van der Waals surface area (Å²) in [6, 6.07) is 0.565. The van der Waals surface area contributed by atoms with Gasteiger partial charge in [0, 0.05) is 23.2 Å². The van der Waals surface area contributed by atoms with Gasteiger partial charge in [0.25, 0.3) is 0 Å². The average molecular weight is 445 g/mol. The fraction of sp³-hybridized carbons (Fsp3) is 0.333. The number of carbonyl (C=O) groups excluding carboxylic acids is 2. The summed E-state index contributed by atoms with van der Waals surface area (Å²) >= 11 is 0. The third-order valence-electron chi connectivity index (χ3n) is 4.15. The van der Waals surface area contributed by atoms with Crippen molar-refractivity contribution in [3.8, 4) is 0 Å². The lowest BCUT2D eigenvalue weighted by Gasteiger charge is -2.18. The predicted molar refractivity (Wildman–Crippen MR) is 99.9 cm³/mol. The number of fused-ring (bicyclic) bond motifs is 1. The first-order valence-electron chi connectivity index (χ1n) is 8.69. The Kier molecular flexibility index (Phi) is 7.02. The zero-order valence-electron chi connectivity index (χ0n) is 15.9. The van der Waals surface area contributed by atoms with Crippen molar-refractivity contribution in [3.05, 3.63) is 40.2 Å². The fourth-order valence-corrected chi connectivity index (χ4v) is 2.51. The van der Waals surface area contributed by atoms with Crippen molar-refractivity contribution < 1.29 is 41.8 Å². The van der Waals surface area contributed by atoms with Crippen molar-refractivity contribution >= 4 is 34.5 Å². The summed E-state index contributed by atoms with van der Waals surface area (Å²) < 4.78 is 48.8. The molecule has 6 N–H and O–H groups in total. The first-order valence-corrected chi connectivity index (χ1v) is 8.69. The number of nitrogens with two attached hydrogens (primary N) is 2. The lowest BCUT2D eigenvalue weighted by atomic mass is 10.1. The Balaban J connectivity index is 2.10. The van der Waals surface area contributed by atoms with Crippen molar-refractivity contribution in [3.63, 3.8) is 0 Å². The number of nitrogens with one attached hydrogen (secondary N) is 1. The van der Waals surface area contributed by atoms with Gasteiger partial charge in [-0.1, -0.05) is 0 Å². The molecule has 3 atom stereocenters. The van der Waals surface area contributed by atoms with E-state index in [0.717, 1.165) is 18.2 Å². The number of hydrogen-bond donors (Lipinski definition) is 4. The first-order chi connectivity index (χ1) is 14.3. The maximum Gasteiger partial charge on any atom is 0.417 e. The molecule has 0 bridgehead atoms. The quantitative estimate of drug-likeness (QED) is 0.355. The van der Waals surface area contributed by atoms with E-state index in [0.29, 0.717) is 6.07 Å². The second kappa shape index (κ2) is 9.14. The Morgan fingerprint density at radius 1 is 1.23 bits per heavy atom. The summed E-state index contributed by atoms with van der Waals surface area (Å²) in [5.41, 5.74) is 8.05. The molecule has 1 heterocycles. The van der Waals surface area contributed by atoms with Crippen LogP contribution in [0.4, 0.5) is 18.9 Å². The highest BCUT2D eigenvalue weighted by atomic mass is 19.4. The number of rotatable bonds is 7. The number of hydrogen-bond acceptors (Lipinski definition) is 8. The molecule has 0 radical (unpaired) electrons. The Bertz CT molecular complexity index is 1070. The monoisotopic (exact) mass is 445 g/mol. The minimum Gasteiger partial charge on any atom is -0.480 e. The minimum atomic E-state index is -4.79. The van der Waals surface area contributed by atoms with Gasteiger partial charge in [-0.25, -0.2) is 4.79 Å². The highest BCUT2D eigenvalue weighted by Gasteiger charge is 2.34. The number of aliphatic carboxylic acids is 1. The van der Waals surface area contributed by atoms with Crippen LogP contribution in [0, 0.1) is 0 Å². The number of carboxylic acid groups (broad SMARTS) is 1. The highest BCUT2D eigenvalue weighted by molar-refractivity contribution is 5.98. The van der Waals surface area contributed by atoms with Gasteiger partial charge < -0.3 is 31.0 Å². The van der Waals surface area contributed by atoms with Crippen LogP contribution in [-0.4, -0.2) is 41.1 Å². The number of ether oxygens (including phenoxy) is 1. The average Bonchev–Trinajstić information content (AvgIpc) is 2.65. The normalized spacial score (nSPS) is 14.5. The van der Waals surface area contributed by atoms with Crippen LogP contribution in [0.3, 0.4) is 0 Å². The van der Waals surface area contributed by atoms with Gasteiger partial charge in [0.05, 0.1) is 18.0 Å². The van der Waals surface area contributed by atoms with E-state index in [1.165, 1.54) is 6.92 Å². The summed E-state index contributed by atoms with van der Waals surface area (Å²) in [7, 11) is 0. The largest absolute Gasteiger partial charge is 0.480 e. The van der Waals surface area contributed by atoms with Crippen molar-refractivity contribution in [1.29, 1.82) is 0 Å². The number of esters is 1. The third kappa shape index (κ3) is 6.02. The van der Waals surface area contributed by atoms with Gasteiger partial charge >= 0.3 is 23.7 Å². The first kappa shape index (κ1) is 23.8. The highest BCUT2D eigenvalue weighted by Crippen LogP contribution is 2.34. The lowest BCUT2D eigenvalue weighted by Crippen LogP contribution is -2.44. The number of benzene rings is 1. The van der Waals surface area contributed by atoms with Crippen molar-refractivity contribution in [1.82, 2.24) is 0 Å². The molecule has 10 nitrogen and oxygen atoms in total. The van der Waals surface area contributed by atoms with E-state index in [1.807, 2.05) is 0 Å². The van der Waals surface area contributed by atoms with Crippen LogP contribution in [0.5, 0.6) is 0 Å². The van der Waals surface area contributed by atoms with E-state index in [4.69, 9.17) is 25.7 Å². The van der Waals surface area contributed by atoms with Gasteiger partial charge in [-0.15, -0.1) is 0 Å². The number of alkyl halides is 3. The number of anilines is 1. The molecule has 0 unspecified atom stereocenters. The zero-order valence-corrected chi connectivity index (χ0v) is 15.9. The molecule has 31 heavy (non-hydrogen) atoms. The molecule has 13 heteroatoms. The molecule has 168 valence electrons. The molecule has 0 spiro atoms. The van der Waals surface area contributed by atoms with E-state index < -0.39 is 65.4 Å². The summed E-state index contributed by atoms with van der Waals surface area (Å²) in [5, 5.41) is 10.6. The van der Waals surface area contributed by atoms with E-state index in [1.54, 1.807) is 0 Å². The molecule has 0 fully saturated rings. The molecule has 0 aliphatic rings. The molecular formula is C18H18F3N3O7. The Morgan fingerprint density at radius 2 is 1.87 bits per heavy atom. The summed E-state index contributed by atoms with van der Waals surface area (Å²) in [5.74, 6) is -3.26. The second-order valence-electron chi connectivity index (χ2n) is 6.55. The van der Waals surface area contributed by atoms with E-state index in [2.05, 4.69) is 5.32 Å². The van der Waals surface area contributed by atoms with Crippen LogP contribution in [-0.2, 0) is 25.3 Å². The van der Waals surface area contributed by atoms with E-state index in [9.17, 15) is 32.3 Å². The summed E-state index contributed by atoms with van der Waals surface area (Å²) in [4.78, 5) is 46.1. The van der Waals surface area contributed by atoms with Gasteiger partial charge in [0.15, 0.2) is 0 Å². The number of carboxylic acids is 1. The molecule has 0 aliphatic heterocycles. The van der Waals surface area contributed by atoms with Gasteiger partial charge in [0.1, 0.15) is 17.7 Å². The fourth-order valence-electron chi connectivity index (χ4n) is 2.51. The van der Waals surface area contributed by atoms with Crippen LogP contribution < -0.4 is 22.4 Å². The molecule has 1 aromatic carbocycles. The number of carbonyl (C=O) groups is 3. The van der Waals surface area contributed by atoms with Crippen LogP contribution in [0.1, 0.15) is 18.9 Å². The van der Waals surface area contributed by atoms with Crippen molar-refractivity contribution in [2.45, 2.75) is 37.7 Å². The van der Waals surface area contributed by atoms with Crippen LogP contribution >= 0.6 is 0 Å². The molecule has 1 amide bonds. The van der Waals surface area contributed by atoms with Gasteiger partial charge in [-0.3, -0.25) is 14.4 Å². The molecule has 2 aromatic rings. The van der Waals surface area contributed by atoms with Gasteiger partial charge in [0.2, 0.25) is 5.91 Å². The molecule has 2 rings (SSSR count). The van der Waals surface area contributed by atoms with Crippen LogP contribution in [0.2, 0.25) is 0 Å². The van der Waals surface area contributed by atoms with Crippen LogP contribution in [0.25, 0.3) is 11.0 Å². The van der Waals surface area contributed by atoms with Crippen molar-refractivity contribution in [2.24, 2.45) is 11.5 Å². The SMILES string of the molecule is C[C@@H](OC(=O)C[C@H](N)C(=O)Nc1ccc2c(C(F)(F)F)cc(=O)oc2c1)[C@H](N)C(=O)O. The maximum absolute atomic E-state index is 13.1. The molecule has 0 saturated carbocycles. The third-order valence-corrected chi connectivity index (χ3v) is 4.15. The maximum atomic E-state index is 13.1. The molecular weight excluding hydrogens is 427 g/mol. The van der Waals surface area contributed by atoms with Crippen LogP contribution in [0.15, 0.2) is 33.5 Å². The molecule has 0 saturated heterocycles. The predicted octanol–water partition coefficient (Wildman–Crippen LogP) is 0.811. The van der Waals surface area contributed by atoms with Crippen molar-refractivity contribution in [2.75, 3.05) is 5.32 Å².